The summed E-state index contributed by atoms with van der Waals surface area (Å²) in [5.74, 6) is -1.23. The number of aliphatic hydroxyl groups excluding tert-OH is 2. The summed E-state index contributed by atoms with van der Waals surface area (Å²) in [7, 11) is -17.6. The van der Waals surface area contributed by atoms with Crippen molar-refractivity contribution in [3.05, 3.63) is 61.3 Å². The largest absolute Gasteiger partial charge is 0.790 e. The van der Waals surface area contributed by atoms with E-state index in [0.29, 0.717) is 5.75 Å². The number of thioether (sulfide) groups is 1. The molecule has 0 bridgehead atoms. The number of nitrogens with zero attached hydrogens (tertiary/aromatic N) is 4. The van der Waals surface area contributed by atoms with Gasteiger partial charge in [0.05, 0.1) is 27.4 Å². The van der Waals surface area contributed by atoms with E-state index in [4.69, 9.17) is 10.5 Å². The Bertz CT molecular complexity index is 2220. The number of carbonyl (C=O) groups excluding carboxylic acids is 3. The maximum Gasteiger partial charge on any atom is 0.274 e. The molecule has 3 rings (SSSR count). The van der Waals surface area contributed by atoms with Gasteiger partial charge in [-0.05, 0) is 51.0 Å². The minimum Gasteiger partial charge on any atom is -0.790 e. The van der Waals surface area contributed by atoms with Crippen molar-refractivity contribution in [2.75, 3.05) is 37.8 Å². The summed E-state index contributed by atoms with van der Waals surface area (Å²) in [5.41, 5.74) is 4.08. The number of unbranched alkanes of at least 4 members (excludes halogenated alkanes) is 6. The smallest absolute Gasteiger partial charge is 0.274 e. The summed E-state index contributed by atoms with van der Waals surface area (Å²) in [6.07, 6.45) is 19.3. The summed E-state index contributed by atoms with van der Waals surface area (Å²) in [6, 6.07) is 0. The second-order valence-corrected chi connectivity index (χ2v) is 21.4. The van der Waals surface area contributed by atoms with Crippen LogP contribution in [0.1, 0.15) is 97.6 Å². The average molecular weight is 1050 g/mol. The molecular formula is C41H62N7O17P3S-4. The van der Waals surface area contributed by atoms with Crippen LogP contribution in [0.3, 0.4) is 0 Å². The number of imidazole rings is 1. The van der Waals surface area contributed by atoms with Gasteiger partial charge < -0.3 is 69.0 Å². The lowest BCUT2D eigenvalue weighted by atomic mass is 9.87. The summed E-state index contributed by atoms with van der Waals surface area (Å²) in [6.45, 7) is 2.21. The SMILES string of the molecule is CC/C=C\C/C=C\C/C=C\CCCCCCC/C=C/C(=O)SCCNC(=O)CCNC(=O)[C@H](O)C(C)(C)COP(=O)([O-])OP(=O)([O-])OC[C@H]1O[C@@H](n2cnc3c(N)ncnc32)[C@H](O)[C@@H]1OP(=O)([O-])[O-]. The van der Waals surface area contributed by atoms with Crippen molar-refractivity contribution >= 4 is 69.1 Å². The number of fused-ring (bicyclic) bond motifs is 1. The number of amides is 2. The van der Waals surface area contributed by atoms with E-state index >= 15 is 0 Å². The van der Waals surface area contributed by atoms with Crippen molar-refractivity contribution in [1.29, 1.82) is 0 Å². The molecule has 6 N–H and O–H groups in total. The molecule has 2 amide bonds. The molecule has 1 fully saturated rings. The van der Waals surface area contributed by atoms with Gasteiger partial charge in [-0.2, -0.15) is 0 Å². The van der Waals surface area contributed by atoms with Crippen LogP contribution < -0.4 is 35.9 Å². The minimum absolute atomic E-state index is 0.0213. The molecule has 0 spiro atoms. The molecule has 2 unspecified atom stereocenters. The highest BCUT2D eigenvalue weighted by Crippen LogP contribution is 2.56. The van der Waals surface area contributed by atoms with E-state index in [1.54, 1.807) is 0 Å². The number of carbonyl (C=O) groups is 3. The van der Waals surface area contributed by atoms with Crippen molar-refractivity contribution in [2.24, 2.45) is 5.41 Å². The quantitative estimate of drug-likeness (QED) is 0.0296. The monoisotopic (exact) mass is 1050 g/mol. The zero-order valence-corrected chi connectivity index (χ0v) is 42.1. The van der Waals surface area contributed by atoms with E-state index in [2.05, 4.69) is 86.8 Å². The number of nitrogens with two attached hydrogens (primary N) is 1. The molecule has 2 aromatic heterocycles. The number of rotatable bonds is 33. The Labute approximate surface area is 405 Å². The Hall–Kier alpha value is -3.48. The number of nitrogens with one attached hydrogen (secondary N) is 2. The summed E-state index contributed by atoms with van der Waals surface area (Å²) in [5, 5.41) is 26.3. The average Bonchev–Trinajstić information content (AvgIpc) is 3.84. The Kier molecular flexibility index (Phi) is 25.8. The third-order valence-electron chi connectivity index (χ3n) is 10.00. The predicted octanol–water partition coefficient (Wildman–Crippen LogP) is 2.28. The molecule has 24 nitrogen and oxygen atoms in total. The molecule has 388 valence electrons. The fraction of sp³-hybridized carbons (Fsp3) is 0.610. The number of ether oxygens (including phenoxy) is 1. The van der Waals surface area contributed by atoms with Crippen molar-refractivity contribution in [3.63, 3.8) is 0 Å². The number of phosphoric ester groups is 3. The van der Waals surface area contributed by atoms with Crippen LogP contribution in [-0.2, 0) is 50.7 Å². The lowest BCUT2D eigenvalue weighted by molar-refractivity contribution is -0.347. The zero-order valence-electron chi connectivity index (χ0n) is 38.6. The molecule has 28 heteroatoms. The molecule has 2 aromatic rings. The standard InChI is InChI=1S/C41H66N7O17P3S/c1-4-5-6-7-8-9-10-11-12-13-14-15-16-17-18-19-20-21-32(50)69-25-24-43-31(49)22-23-44-39(53)36(52)41(2,3)27-62-68(59,60)65-67(57,58)61-26-30-35(64-66(54,55)56)34(51)40(63-30)48-29-47-33-37(42)45-28-46-38(33)48/h5-6,8-9,11-12,20-21,28-30,34-36,40,51-52H,4,7,10,13-19,22-27H2,1-3H3,(H,43,49)(H,44,53)(H,57,58)(H,59,60)(H2,42,45,46)(H2,54,55,56)/p-4/b6-5-,9-8-,12-11-,21-20+/t30-,34-,35-,36+,40-/m1/s1. The van der Waals surface area contributed by atoms with Gasteiger partial charge in [-0.25, -0.2) is 19.3 Å². The normalized spacial score (nSPS) is 20.3. The summed E-state index contributed by atoms with van der Waals surface area (Å²) < 4.78 is 60.8. The number of allylic oxidation sites excluding steroid dienone is 7. The van der Waals surface area contributed by atoms with Gasteiger partial charge in [-0.3, -0.25) is 28.1 Å². The topological polar surface area (TPSA) is 375 Å². The molecule has 69 heavy (non-hydrogen) atoms. The van der Waals surface area contributed by atoms with Crippen molar-refractivity contribution in [3.8, 4) is 0 Å². The van der Waals surface area contributed by atoms with Crippen molar-refractivity contribution < 1.29 is 80.5 Å². The van der Waals surface area contributed by atoms with Crippen molar-refractivity contribution in [1.82, 2.24) is 30.2 Å². The van der Waals surface area contributed by atoms with E-state index in [9.17, 15) is 57.9 Å². The first-order chi connectivity index (χ1) is 32.6. The number of hydrogen-bond acceptors (Lipinski definition) is 22. The van der Waals surface area contributed by atoms with Gasteiger partial charge in [0.15, 0.2) is 17.7 Å². The molecule has 0 aromatic carbocycles. The van der Waals surface area contributed by atoms with Gasteiger partial charge in [0.2, 0.25) is 16.9 Å². The third kappa shape index (κ3) is 22.6. The van der Waals surface area contributed by atoms with Crippen LogP contribution in [0.5, 0.6) is 0 Å². The first-order valence-electron chi connectivity index (χ1n) is 22.2. The fourth-order valence-corrected chi connectivity index (χ4v) is 9.70. The van der Waals surface area contributed by atoms with Crippen LogP contribution in [0.4, 0.5) is 5.82 Å². The highest BCUT2D eigenvalue weighted by molar-refractivity contribution is 8.14. The minimum atomic E-state index is -5.92. The van der Waals surface area contributed by atoms with E-state index in [-0.39, 0.29) is 41.6 Å². The number of anilines is 1. The van der Waals surface area contributed by atoms with Crippen LogP contribution in [0.25, 0.3) is 11.2 Å². The maximum absolute atomic E-state index is 12.6. The lowest BCUT2D eigenvalue weighted by Crippen LogP contribution is -2.46. The van der Waals surface area contributed by atoms with Crippen LogP contribution in [0, 0.1) is 5.41 Å². The van der Waals surface area contributed by atoms with E-state index < -0.39 is 84.6 Å². The second-order valence-electron chi connectivity index (χ2n) is 16.2. The number of phosphoric acid groups is 3. The molecule has 1 saturated heterocycles. The molecule has 0 aliphatic carbocycles. The Morgan fingerprint density at radius 2 is 1.55 bits per heavy atom. The van der Waals surface area contributed by atoms with E-state index in [0.717, 1.165) is 86.8 Å². The first-order valence-corrected chi connectivity index (χ1v) is 27.5. The van der Waals surface area contributed by atoms with Gasteiger partial charge in [0.1, 0.15) is 36.3 Å². The van der Waals surface area contributed by atoms with Gasteiger partial charge in [0, 0.05) is 30.7 Å². The molecule has 1 aliphatic rings. The van der Waals surface area contributed by atoms with Gasteiger partial charge in [0.25, 0.3) is 15.6 Å². The number of hydrogen-bond donors (Lipinski definition) is 5. The molecule has 3 heterocycles. The second kappa shape index (κ2) is 29.8. The number of aromatic nitrogens is 4. The Morgan fingerprint density at radius 1 is 0.913 bits per heavy atom. The Balaban J connectivity index is 1.30. The molecule has 0 saturated carbocycles. The zero-order chi connectivity index (χ0) is 51.1. The molecule has 0 radical (unpaired) electrons. The third-order valence-corrected chi connectivity index (χ3v) is 13.8. The van der Waals surface area contributed by atoms with Gasteiger partial charge in [-0.15, -0.1) is 0 Å². The van der Waals surface area contributed by atoms with Crippen LogP contribution in [-0.4, -0.2) is 103 Å². The molecule has 7 atom stereocenters. The Morgan fingerprint density at radius 3 is 2.23 bits per heavy atom. The highest BCUT2D eigenvalue weighted by Gasteiger charge is 2.47. The first kappa shape index (κ1) is 59.8. The number of nitrogen functional groups attached to an aromatic ring is 1. The molecular weight excluding hydrogens is 987 g/mol. The lowest BCUT2D eigenvalue weighted by Gasteiger charge is -2.36. The van der Waals surface area contributed by atoms with Gasteiger partial charge >= 0.3 is 0 Å². The van der Waals surface area contributed by atoms with Crippen LogP contribution in [0.15, 0.2) is 61.3 Å². The predicted molar refractivity (Wildman–Crippen MR) is 247 cm³/mol. The van der Waals surface area contributed by atoms with Gasteiger partial charge in [-0.1, -0.05) is 94.3 Å². The summed E-state index contributed by atoms with van der Waals surface area (Å²) in [4.78, 5) is 96.8. The summed E-state index contributed by atoms with van der Waals surface area (Å²) >= 11 is 1.05. The van der Waals surface area contributed by atoms with Crippen molar-refractivity contribution in [2.45, 2.75) is 122 Å². The maximum atomic E-state index is 12.6. The van der Waals surface area contributed by atoms with Crippen LogP contribution in [0.2, 0.25) is 0 Å². The van der Waals surface area contributed by atoms with E-state index in [1.807, 2.05) is 6.08 Å². The van der Waals surface area contributed by atoms with Crippen LogP contribution >= 0.6 is 35.2 Å². The number of aliphatic hydroxyl groups is 2. The highest BCUT2D eigenvalue weighted by atomic mass is 32.2. The molecule has 1 aliphatic heterocycles. The fourth-order valence-electron chi connectivity index (χ4n) is 6.37. The van der Waals surface area contributed by atoms with E-state index in [1.165, 1.54) is 26.3 Å².